The van der Waals surface area contributed by atoms with E-state index in [1.54, 1.807) is 0 Å². The van der Waals surface area contributed by atoms with Crippen molar-refractivity contribution in [3.8, 4) is 5.00 Å². The van der Waals surface area contributed by atoms with Crippen molar-refractivity contribution in [3.63, 3.8) is 0 Å². The Morgan fingerprint density at radius 2 is 2.07 bits per heavy atom. The maximum absolute atomic E-state index is 13.2. The Hall–Kier alpha value is -2.28. The van der Waals surface area contributed by atoms with E-state index < -0.39 is 0 Å². The molecule has 0 bridgehead atoms. The number of aromatic nitrogens is 1. The molecule has 29 heavy (non-hydrogen) atoms. The van der Waals surface area contributed by atoms with Crippen molar-refractivity contribution in [2.45, 2.75) is 58.5 Å². The summed E-state index contributed by atoms with van der Waals surface area (Å²) < 4.78 is 6.98. The van der Waals surface area contributed by atoms with Crippen molar-refractivity contribution in [2.24, 2.45) is 5.92 Å². The largest absolute Gasteiger partial charge is 0.469 e. The van der Waals surface area contributed by atoms with Gasteiger partial charge in [0.15, 0.2) is 0 Å². The van der Waals surface area contributed by atoms with Crippen molar-refractivity contribution in [3.05, 3.63) is 40.0 Å². The minimum Gasteiger partial charge on any atom is -0.469 e. The zero-order chi connectivity index (χ0) is 20.5. The van der Waals surface area contributed by atoms with Crippen LogP contribution in [0.5, 0.6) is 0 Å². The number of esters is 1. The molecule has 2 aromatic rings. The molecule has 0 spiro atoms. The van der Waals surface area contributed by atoms with Crippen molar-refractivity contribution < 1.29 is 14.3 Å². The maximum Gasteiger partial charge on any atom is 0.318 e. The van der Waals surface area contributed by atoms with Crippen molar-refractivity contribution in [1.82, 2.24) is 14.8 Å². The third-order valence-corrected chi connectivity index (χ3v) is 7.28. The number of carbonyl (C=O) groups excluding carboxylic acids is 2. The van der Waals surface area contributed by atoms with Crippen LogP contribution in [0.2, 0.25) is 0 Å². The second-order valence-electron chi connectivity index (χ2n) is 8.17. The highest BCUT2D eigenvalue weighted by Gasteiger charge is 2.36. The fourth-order valence-electron chi connectivity index (χ4n) is 4.60. The molecule has 0 saturated carbocycles. The van der Waals surface area contributed by atoms with Crippen LogP contribution < -0.4 is 5.32 Å². The Morgan fingerprint density at radius 1 is 1.28 bits per heavy atom. The van der Waals surface area contributed by atoms with Crippen LogP contribution in [-0.4, -0.2) is 35.1 Å². The molecule has 0 unspecified atom stereocenters. The first-order valence-electron chi connectivity index (χ1n) is 10.4. The first kappa shape index (κ1) is 20.0. The van der Waals surface area contributed by atoms with E-state index in [1.807, 2.05) is 16.2 Å². The highest BCUT2D eigenvalue weighted by Crippen LogP contribution is 2.43. The topological polar surface area (TPSA) is 63.6 Å². The zero-order valence-corrected chi connectivity index (χ0v) is 18.2. The average molecular weight is 416 g/mol. The molecule has 1 N–H and O–H groups in total. The van der Waals surface area contributed by atoms with Crippen LogP contribution >= 0.6 is 11.3 Å². The van der Waals surface area contributed by atoms with E-state index in [-0.39, 0.29) is 36.9 Å². The van der Waals surface area contributed by atoms with Gasteiger partial charge in [-0.05, 0) is 49.3 Å². The predicted molar refractivity (Wildman–Crippen MR) is 113 cm³/mol. The van der Waals surface area contributed by atoms with Gasteiger partial charge in [-0.15, -0.1) is 11.3 Å². The highest BCUT2D eigenvalue weighted by atomic mass is 32.1. The minimum absolute atomic E-state index is 0.0260. The number of rotatable bonds is 4. The van der Waals surface area contributed by atoms with Gasteiger partial charge in [0.05, 0.1) is 26.1 Å². The third-order valence-electron chi connectivity index (χ3n) is 5.95. The van der Waals surface area contributed by atoms with Crippen molar-refractivity contribution >= 4 is 23.3 Å². The Kier molecular flexibility index (Phi) is 5.67. The number of nitrogens with one attached hydrogen (secondary N) is 1. The molecule has 0 aromatic carbocycles. The van der Waals surface area contributed by atoms with Gasteiger partial charge in [0.1, 0.15) is 5.00 Å². The SMILES string of the molecule is COC(=O)CCNC(=O)N1Cc2c(sc3c2CCCC3)-n2cccc2[C@@H]1C(C)C. The number of methoxy groups -OCH3 is 1. The van der Waals surface area contributed by atoms with E-state index >= 15 is 0 Å². The number of ether oxygens (including phenoxy) is 1. The molecular weight excluding hydrogens is 386 g/mol. The second-order valence-corrected chi connectivity index (χ2v) is 9.26. The normalized spacial score (nSPS) is 17.9. The summed E-state index contributed by atoms with van der Waals surface area (Å²) in [5, 5.41) is 4.21. The fraction of sp³-hybridized carbons (Fsp3) is 0.545. The van der Waals surface area contributed by atoms with Gasteiger partial charge < -0.3 is 19.5 Å². The number of amides is 2. The molecule has 1 aliphatic carbocycles. The molecule has 0 radical (unpaired) electrons. The number of fused-ring (bicyclic) bond motifs is 5. The van der Waals surface area contributed by atoms with E-state index in [0.29, 0.717) is 6.54 Å². The van der Waals surface area contributed by atoms with E-state index in [0.717, 1.165) is 18.5 Å². The lowest BCUT2D eigenvalue weighted by Gasteiger charge is -2.33. The molecule has 7 heteroatoms. The number of aryl methyl sites for hydroxylation is 1. The van der Waals surface area contributed by atoms with Crippen LogP contribution in [0.3, 0.4) is 0 Å². The Morgan fingerprint density at radius 3 is 2.83 bits per heavy atom. The van der Waals surface area contributed by atoms with Gasteiger partial charge in [0, 0.05) is 28.9 Å². The number of hydrogen-bond donors (Lipinski definition) is 1. The molecular formula is C22H29N3O3S. The van der Waals surface area contributed by atoms with Gasteiger partial charge in [-0.1, -0.05) is 13.8 Å². The summed E-state index contributed by atoms with van der Waals surface area (Å²) in [5.74, 6) is -0.0514. The molecule has 2 aromatic heterocycles. The van der Waals surface area contributed by atoms with Gasteiger partial charge in [-0.25, -0.2) is 4.79 Å². The van der Waals surface area contributed by atoms with Crippen LogP contribution in [0.15, 0.2) is 18.3 Å². The summed E-state index contributed by atoms with van der Waals surface area (Å²) in [5.41, 5.74) is 3.90. The lowest BCUT2D eigenvalue weighted by atomic mass is 9.94. The first-order valence-corrected chi connectivity index (χ1v) is 11.2. The molecule has 0 saturated heterocycles. The van der Waals surface area contributed by atoms with Gasteiger partial charge in [-0.2, -0.15) is 0 Å². The second kappa shape index (κ2) is 8.22. The molecule has 0 fully saturated rings. The van der Waals surface area contributed by atoms with Crippen molar-refractivity contribution in [1.29, 1.82) is 0 Å². The summed E-state index contributed by atoms with van der Waals surface area (Å²) in [6.07, 6.45) is 7.01. The zero-order valence-electron chi connectivity index (χ0n) is 17.4. The van der Waals surface area contributed by atoms with Crippen LogP contribution in [0.4, 0.5) is 4.79 Å². The quantitative estimate of drug-likeness (QED) is 0.761. The Balaban J connectivity index is 1.70. The van der Waals surface area contributed by atoms with E-state index in [2.05, 4.69) is 46.8 Å². The fourth-order valence-corrected chi connectivity index (χ4v) is 6.00. The molecule has 1 atom stereocenters. The smallest absolute Gasteiger partial charge is 0.318 e. The minimum atomic E-state index is -0.315. The average Bonchev–Trinajstić information content (AvgIpc) is 3.29. The maximum atomic E-state index is 13.2. The summed E-state index contributed by atoms with van der Waals surface area (Å²) in [4.78, 5) is 28.1. The molecule has 156 valence electrons. The van der Waals surface area contributed by atoms with Crippen LogP contribution in [0, 0.1) is 5.92 Å². The van der Waals surface area contributed by atoms with Crippen LogP contribution in [0.25, 0.3) is 5.00 Å². The number of hydrogen-bond acceptors (Lipinski definition) is 4. The molecule has 1 aliphatic heterocycles. The number of nitrogens with zero attached hydrogens (tertiary/aromatic N) is 2. The Bertz CT molecular complexity index is 915. The van der Waals surface area contributed by atoms with E-state index in [4.69, 9.17) is 0 Å². The van der Waals surface area contributed by atoms with E-state index in [1.165, 1.54) is 41.0 Å². The lowest BCUT2D eigenvalue weighted by Crippen LogP contribution is -2.44. The van der Waals surface area contributed by atoms with Gasteiger partial charge in [0.2, 0.25) is 0 Å². The number of urea groups is 1. The lowest BCUT2D eigenvalue weighted by molar-refractivity contribution is -0.140. The number of carbonyl (C=O) groups is 2. The van der Waals surface area contributed by atoms with Crippen molar-refractivity contribution in [2.75, 3.05) is 13.7 Å². The predicted octanol–water partition coefficient (Wildman–Crippen LogP) is 4.20. The molecule has 6 nitrogen and oxygen atoms in total. The number of thiophene rings is 1. The van der Waals surface area contributed by atoms with Gasteiger partial charge in [-0.3, -0.25) is 4.79 Å². The molecule has 2 aliphatic rings. The van der Waals surface area contributed by atoms with Crippen LogP contribution in [0.1, 0.15) is 60.8 Å². The summed E-state index contributed by atoms with van der Waals surface area (Å²) in [7, 11) is 1.36. The van der Waals surface area contributed by atoms with Gasteiger partial charge in [0.25, 0.3) is 0 Å². The van der Waals surface area contributed by atoms with E-state index in [9.17, 15) is 9.59 Å². The third kappa shape index (κ3) is 3.68. The van der Waals surface area contributed by atoms with Crippen LogP contribution in [-0.2, 0) is 28.9 Å². The molecule has 2 amide bonds. The first-order chi connectivity index (χ1) is 14.0. The highest BCUT2D eigenvalue weighted by molar-refractivity contribution is 7.15. The standard InChI is InChI=1S/C22H29N3O3S/c1-14(2)20-17-8-6-12-24(17)21-16(15-7-4-5-9-18(15)29-21)13-25(20)22(27)23-11-10-19(26)28-3/h6,8,12,14,20H,4-5,7,9-11,13H2,1-3H3,(H,23,27)/t20-/m0/s1. The van der Waals surface area contributed by atoms with Gasteiger partial charge >= 0.3 is 12.0 Å². The summed E-state index contributed by atoms with van der Waals surface area (Å²) in [6.45, 7) is 5.20. The monoisotopic (exact) mass is 415 g/mol. The molecule has 4 rings (SSSR count). The summed E-state index contributed by atoms with van der Waals surface area (Å²) >= 11 is 1.89. The summed E-state index contributed by atoms with van der Waals surface area (Å²) in [6, 6.07) is 4.06. The Labute approximate surface area is 175 Å². The molecule has 3 heterocycles.